The van der Waals surface area contributed by atoms with Gasteiger partial charge in [-0.2, -0.15) is 0 Å². The summed E-state index contributed by atoms with van der Waals surface area (Å²) < 4.78 is 12.8. The molecule has 0 bridgehead atoms. The molecule has 0 aliphatic rings. The molecular formula is C10H7ClFNO. The first-order valence-corrected chi connectivity index (χ1v) is 4.61. The minimum Gasteiger partial charge on any atom is -0.357 e. The van der Waals surface area contributed by atoms with Gasteiger partial charge in [0, 0.05) is 22.7 Å². The highest BCUT2D eigenvalue weighted by atomic mass is 35.5. The summed E-state index contributed by atoms with van der Waals surface area (Å²) in [6, 6.07) is 5.43. The first-order valence-electron chi connectivity index (χ1n) is 4.08. The maximum atomic E-state index is 12.8. The smallest absolute Gasteiger partial charge is 0.189 e. The topological polar surface area (TPSA) is 32.9 Å². The summed E-state index contributed by atoms with van der Waals surface area (Å²) in [5.41, 5.74) is 1.03. The Morgan fingerprint density at radius 2 is 2.14 bits per heavy atom. The van der Waals surface area contributed by atoms with Crippen molar-refractivity contribution >= 4 is 22.5 Å². The number of pyridine rings is 1. The molecule has 2 nitrogen and oxygen atoms in total. The van der Waals surface area contributed by atoms with Gasteiger partial charge in [0.25, 0.3) is 0 Å². The Morgan fingerprint density at radius 3 is 2.86 bits per heavy atom. The summed E-state index contributed by atoms with van der Waals surface area (Å²) in [5.74, 6) is -0.177. The Balaban J connectivity index is 2.83. The molecule has 4 heteroatoms. The number of nitrogens with one attached hydrogen (secondary N) is 1. The second kappa shape index (κ2) is 3.42. The monoisotopic (exact) mass is 211 g/mol. The van der Waals surface area contributed by atoms with E-state index in [0.29, 0.717) is 16.6 Å². The minimum absolute atomic E-state index is 0.214. The predicted octanol–water partition coefficient (Wildman–Crippen LogP) is 2.41. The second-order valence-corrected chi connectivity index (χ2v) is 3.25. The second-order valence-electron chi connectivity index (χ2n) is 2.98. The first kappa shape index (κ1) is 9.21. The van der Waals surface area contributed by atoms with E-state index < -0.39 is 5.82 Å². The summed E-state index contributed by atoms with van der Waals surface area (Å²) >= 11 is 5.59. The van der Waals surface area contributed by atoms with Crippen molar-refractivity contribution in [1.29, 1.82) is 0 Å². The third-order valence-corrected chi connectivity index (χ3v) is 2.28. The molecule has 0 fully saturated rings. The molecule has 0 unspecified atom stereocenters. The van der Waals surface area contributed by atoms with Crippen LogP contribution in [0.2, 0.25) is 0 Å². The van der Waals surface area contributed by atoms with E-state index in [1.54, 1.807) is 0 Å². The quantitative estimate of drug-likeness (QED) is 0.722. The molecule has 0 atom stereocenters. The Bertz CT molecular complexity index is 535. The fourth-order valence-corrected chi connectivity index (χ4v) is 1.49. The average Bonchev–Trinajstić information content (AvgIpc) is 2.19. The summed E-state index contributed by atoms with van der Waals surface area (Å²) in [7, 11) is 0. The molecule has 0 saturated heterocycles. The number of aromatic amines is 1. The number of hydrogen-bond acceptors (Lipinski definition) is 1. The third-order valence-electron chi connectivity index (χ3n) is 1.99. The molecule has 0 radical (unpaired) electrons. The predicted molar refractivity (Wildman–Crippen MR) is 54.1 cm³/mol. The molecule has 2 rings (SSSR count). The normalized spacial score (nSPS) is 10.7. The van der Waals surface area contributed by atoms with Crippen molar-refractivity contribution in [1.82, 2.24) is 4.98 Å². The van der Waals surface area contributed by atoms with Gasteiger partial charge in [-0.15, -0.1) is 11.6 Å². The van der Waals surface area contributed by atoms with Crippen LogP contribution in [0.3, 0.4) is 0 Å². The standard InChI is InChI=1S/C10H7ClFNO/c11-5-7-4-10(14)8-3-6(12)1-2-9(8)13-7/h1-4H,5H2,(H,13,14). The van der Waals surface area contributed by atoms with E-state index in [9.17, 15) is 9.18 Å². The van der Waals surface area contributed by atoms with Crippen molar-refractivity contribution in [2.45, 2.75) is 5.88 Å². The van der Waals surface area contributed by atoms with Crippen molar-refractivity contribution in [3.05, 3.63) is 46.0 Å². The molecule has 0 spiro atoms. The van der Waals surface area contributed by atoms with Gasteiger partial charge in [0.1, 0.15) is 5.82 Å². The van der Waals surface area contributed by atoms with Gasteiger partial charge in [-0.25, -0.2) is 4.39 Å². The van der Waals surface area contributed by atoms with Crippen molar-refractivity contribution < 1.29 is 4.39 Å². The van der Waals surface area contributed by atoms with Crippen LogP contribution in [0.1, 0.15) is 5.69 Å². The van der Waals surface area contributed by atoms with Gasteiger partial charge in [0.15, 0.2) is 5.43 Å². The van der Waals surface area contributed by atoms with Crippen molar-refractivity contribution in [3.8, 4) is 0 Å². The lowest BCUT2D eigenvalue weighted by Crippen LogP contribution is -2.04. The van der Waals surface area contributed by atoms with Crippen LogP contribution >= 0.6 is 11.6 Å². The van der Waals surface area contributed by atoms with Crippen LogP contribution in [0.4, 0.5) is 4.39 Å². The van der Waals surface area contributed by atoms with Crippen LogP contribution in [-0.2, 0) is 5.88 Å². The SMILES string of the molecule is O=c1cc(CCl)[nH]c2ccc(F)cc12. The zero-order valence-corrected chi connectivity index (χ0v) is 7.94. The van der Waals surface area contributed by atoms with E-state index in [1.165, 1.54) is 24.3 Å². The summed E-state index contributed by atoms with van der Waals surface area (Å²) in [5, 5.41) is 0.346. The number of halogens is 2. The van der Waals surface area contributed by atoms with Crippen LogP contribution in [0, 0.1) is 5.82 Å². The van der Waals surface area contributed by atoms with Gasteiger partial charge in [-0.1, -0.05) is 0 Å². The Hall–Kier alpha value is -1.35. The maximum absolute atomic E-state index is 12.8. The van der Waals surface area contributed by atoms with Gasteiger partial charge in [0.05, 0.1) is 5.88 Å². The Labute approximate surface area is 84.3 Å². The average molecular weight is 212 g/mol. The number of aromatic nitrogens is 1. The zero-order valence-electron chi connectivity index (χ0n) is 7.18. The van der Waals surface area contributed by atoms with Crippen molar-refractivity contribution in [3.63, 3.8) is 0 Å². The van der Waals surface area contributed by atoms with Crippen LogP contribution in [-0.4, -0.2) is 4.98 Å². The molecule has 0 amide bonds. The fraction of sp³-hybridized carbons (Fsp3) is 0.100. The van der Waals surface area contributed by atoms with E-state index in [0.717, 1.165) is 0 Å². The molecule has 72 valence electrons. The lowest BCUT2D eigenvalue weighted by atomic mass is 10.2. The van der Waals surface area contributed by atoms with Gasteiger partial charge in [0.2, 0.25) is 0 Å². The maximum Gasteiger partial charge on any atom is 0.189 e. The number of rotatable bonds is 1. The first-order chi connectivity index (χ1) is 6.70. The van der Waals surface area contributed by atoms with E-state index in [1.807, 2.05) is 0 Å². The van der Waals surface area contributed by atoms with Crippen molar-refractivity contribution in [2.24, 2.45) is 0 Å². The molecule has 1 aromatic carbocycles. The van der Waals surface area contributed by atoms with E-state index in [-0.39, 0.29) is 11.3 Å². The molecular weight excluding hydrogens is 205 g/mol. The van der Waals surface area contributed by atoms with Crippen LogP contribution in [0.25, 0.3) is 10.9 Å². The van der Waals surface area contributed by atoms with Crippen LogP contribution < -0.4 is 5.43 Å². The molecule has 0 aliphatic heterocycles. The van der Waals surface area contributed by atoms with Gasteiger partial charge < -0.3 is 4.98 Å². The number of hydrogen-bond donors (Lipinski definition) is 1. The van der Waals surface area contributed by atoms with Gasteiger partial charge in [-0.3, -0.25) is 4.79 Å². The van der Waals surface area contributed by atoms with E-state index >= 15 is 0 Å². The highest BCUT2D eigenvalue weighted by molar-refractivity contribution is 6.16. The highest BCUT2D eigenvalue weighted by Gasteiger charge is 2.02. The summed E-state index contributed by atoms with van der Waals surface area (Å²) in [6.45, 7) is 0. The van der Waals surface area contributed by atoms with Gasteiger partial charge in [-0.05, 0) is 18.2 Å². The lowest BCUT2D eigenvalue weighted by Gasteiger charge is -2.00. The van der Waals surface area contributed by atoms with E-state index in [4.69, 9.17) is 11.6 Å². The fourth-order valence-electron chi connectivity index (χ4n) is 1.35. The summed E-state index contributed by atoms with van der Waals surface area (Å²) in [6.07, 6.45) is 0. The number of benzene rings is 1. The number of fused-ring (bicyclic) bond motifs is 1. The molecule has 14 heavy (non-hydrogen) atoms. The van der Waals surface area contributed by atoms with Gasteiger partial charge >= 0.3 is 0 Å². The zero-order chi connectivity index (χ0) is 10.1. The molecule has 0 saturated carbocycles. The van der Waals surface area contributed by atoms with E-state index in [2.05, 4.69) is 4.98 Å². The van der Waals surface area contributed by atoms with Crippen LogP contribution in [0.15, 0.2) is 29.1 Å². The Kier molecular flexibility index (Phi) is 2.25. The molecule has 0 aliphatic carbocycles. The molecule has 2 aromatic rings. The van der Waals surface area contributed by atoms with Crippen LogP contribution in [0.5, 0.6) is 0 Å². The largest absolute Gasteiger partial charge is 0.357 e. The molecule has 1 heterocycles. The molecule has 1 aromatic heterocycles. The number of H-pyrrole nitrogens is 1. The highest BCUT2D eigenvalue weighted by Crippen LogP contribution is 2.10. The summed E-state index contributed by atoms with van der Waals surface area (Å²) in [4.78, 5) is 14.4. The lowest BCUT2D eigenvalue weighted by molar-refractivity contribution is 0.629. The Morgan fingerprint density at radius 1 is 1.36 bits per heavy atom. The number of alkyl halides is 1. The third kappa shape index (κ3) is 1.51. The van der Waals surface area contributed by atoms with Crippen molar-refractivity contribution in [2.75, 3.05) is 0 Å². The minimum atomic E-state index is -0.415. The molecule has 1 N–H and O–H groups in total.